The van der Waals surface area contributed by atoms with Crippen LogP contribution >= 0.6 is 0 Å². The molecule has 0 aromatic carbocycles. The van der Waals surface area contributed by atoms with E-state index in [0.717, 1.165) is 38.6 Å². The summed E-state index contributed by atoms with van der Waals surface area (Å²) in [6.07, 6.45) is 3.63. The van der Waals surface area contributed by atoms with Crippen molar-refractivity contribution in [3.8, 4) is 0 Å². The standard InChI is InChI=1S/C16H34N2O2/c1-5-19-16(20-6-2)9-11-18-10-7-8-15(13-18)12-17-14(3)4/h14-17H,5-13H2,1-4H3. The van der Waals surface area contributed by atoms with Crippen LogP contribution < -0.4 is 5.32 Å². The summed E-state index contributed by atoms with van der Waals surface area (Å²) in [6, 6.07) is 0.589. The fraction of sp³-hybridized carbons (Fsp3) is 1.00. The smallest absolute Gasteiger partial charge is 0.158 e. The van der Waals surface area contributed by atoms with Crippen molar-refractivity contribution in [1.29, 1.82) is 0 Å². The molecule has 0 amide bonds. The predicted molar refractivity (Wildman–Crippen MR) is 84.0 cm³/mol. The molecule has 1 fully saturated rings. The highest BCUT2D eigenvalue weighted by Crippen LogP contribution is 2.17. The second-order valence-corrected chi connectivity index (χ2v) is 6.00. The van der Waals surface area contributed by atoms with Gasteiger partial charge in [0.25, 0.3) is 0 Å². The van der Waals surface area contributed by atoms with Gasteiger partial charge in [-0.1, -0.05) is 13.8 Å². The van der Waals surface area contributed by atoms with Gasteiger partial charge in [-0.2, -0.15) is 0 Å². The van der Waals surface area contributed by atoms with Gasteiger partial charge in [-0.05, 0) is 45.7 Å². The van der Waals surface area contributed by atoms with E-state index in [0.29, 0.717) is 6.04 Å². The first-order valence-electron chi connectivity index (χ1n) is 8.34. The first kappa shape index (κ1) is 17.9. The predicted octanol–water partition coefficient (Wildman–Crippen LogP) is 2.49. The quantitative estimate of drug-likeness (QED) is 0.626. The van der Waals surface area contributed by atoms with Gasteiger partial charge in [-0.3, -0.25) is 0 Å². The van der Waals surface area contributed by atoms with E-state index in [1.807, 2.05) is 13.8 Å². The number of likely N-dealkylation sites (tertiary alicyclic amines) is 1. The molecule has 20 heavy (non-hydrogen) atoms. The van der Waals surface area contributed by atoms with Gasteiger partial charge in [0.2, 0.25) is 0 Å². The molecule has 1 aliphatic heterocycles. The van der Waals surface area contributed by atoms with Crippen LogP contribution in [0.15, 0.2) is 0 Å². The third-order valence-corrected chi connectivity index (χ3v) is 3.80. The zero-order valence-electron chi connectivity index (χ0n) is 13.9. The van der Waals surface area contributed by atoms with Crippen molar-refractivity contribution in [2.75, 3.05) is 39.4 Å². The van der Waals surface area contributed by atoms with Crippen LogP contribution in [0, 0.1) is 5.92 Å². The number of hydrogen-bond donors (Lipinski definition) is 1. The Hall–Kier alpha value is -0.160. The lowest BCUT2D eigenvalue weighted by Gasteiger charge is -2.34. The van der Waals surface area contributed by atoms with Gasteiger partial charge in [0.15, 0.2) is 6.29 Å². The maximum atomic E-state index is 5.62. The van der Waals surface area contributed by atoms with Gasteiger partial charge >= 0.3 is 0 Å². The molecular weight excluding hydrogens is 252 g/mol. The second kappa shape index (κ2) is 10.6. The molecule has 0 radical (unpaired) electrons. The number of rotatable bonds is 10. The summed E-state index contributed by atoms with van der Waals surface area (Å²) in [5, 5.41) is 3.57. The molecular formula is C16H34N2O2. The van der Waals surface area contributed by atoms with E-state index in [4.69, 9.17) is 9.47 Å². The summed E-state index contributed by atoms with van der Waals surface area (Å²) in [7, 11) is 0. The first-order valence-corrected chi connectivity index (χ1v) is 8.34. The van der Waals surface area contributed by atoms with Crippen molar-refractivity contribution < 1.29 is 9.47 Å². The molecule has 1 saturated heterocycles. The SMILES string of the molecule is CCOC(CCN1CCCC(CNC(C)C)C1)OCC. The van der Waals surface area contributed by atoms with E-state index in [2.05, 4.69) is 24.1 Å². The molecule has 4 heteroatoms. The van der Waals surface area contributed by atoms with Crippen molar-refractivity contribution in [3.63, 3.8) is 0 Å². The molecule has 0 saturated carbocycles. The topological polar surface area (TPSA) is 33.7 Å². The Morgan fingerprint density at radius 1 is 1.20 bits per heavy atom. The third-order valence-electron chi connectivity index (χ3n) is 3.80. The van der Waals surface area contributed by atoms with Gasteiger partial charge in [-0.15, -0.1) is 0 Å². The highest BCUT2D eigenvalue weighted by atomic mass is 16.7. The van der Waals surface area contributed by atoms with Crippen molar-refractivity contribution in [2.45, 2.75) is 59.3 Å². The van der Waals surface area contributed by atoms with E-state index in [-0.39, 0.29) is 6.29 Å². The lowest BCUT2D eigenvalue weighted by atomic mass is 9.97. The summed E-state index contributed by atoms with van der Waals surface area (Å²) >= 11 is 0. The maximum Gasteiger partial charge on any atom is 0.158 e. The highest BCUT2D eigenvalue weighted by molar-refractivity contribution is 4.75. The van der Waals surface area contributed by atoms with Gasteiger partial charge in [0.1, 0.15) is 0 Å². The van der Waals surface area contributed by atoms with Crippen LogP contribution in [-0.2, 0) is 9.47 Å². The molecule has 0 aromatic heterocycles. The first-order chi connectivity index (χ1) is 9.65. The molecule has 1 N–H and O–H groups in total. The van der Waals surface area contributed by atoms with Gasteiger partial charge in [0.05, 0.1) is 0 Å². The number of hydrogen-bond acceptors (Lipinski definition) is 4. The molecule has 1 atom stereocenters. The van der Waals surface area contributed by atoms with Crippen LogP contribution in [0.5, 0.6) is 0 Å². The molecule has 120 valence electrons. The Kier molecular flexibility index (Phi) is 9.44. The molecule has 0 bridgehead atoms. The minimum absolute atomic E-state index is 0.0286. The fourth-order valence-electron chi connectivity index (χ4n) is 2.80. The van der Waals surface area contributed by atoms with Gasteiger partial charge < -0.3 is 19.7 Å². The van der Waals surface area contributed by atoms with E-state index >= 15 is 0 Å². The summed E-state index contributed by atoms with van der Waals surface area (Å²) < 4.78 is 11.2. The Balaban J connectivity index is 2.24. The van der Waals surface area contributed by atoms with Gasteiger partial charge in [0, 0.05) is 38.8 Å². The van der Waals surface area contributed by atoms with Crippen LogP contribution in [0.4, 0.5) is 0 Å². The number of nitrogens with one attached hydrogen (secondary N) is 1. The van der Waals surface area contributed by atoms with E-state index in [9.17, 15) is 0 Å². The van der Waals surface area contributed by atoms with Crippen LogP contribution in [0.1, 0.15) is 47.0 Å². The Morgan fingerprint density at radius 2 is 1.90 bits per heavy atom. The largest absolute Gasteiger partial charge is 0.353 e. The number of nitrogens with zero attached hydrogens (tertiary/aromatic N) is 1. The van der Waals surface area contributed by atoms with E-state index < -0.39 is 0 Å². The zero-order valence-corrected chi connectivity index (χ0v) is 13.9. The molecule has 4 nitrogen and oxygen atoms in total. The van der Waals surface area contributed by atoms with Crippen molar-refractivity contribution >= 4 is 0 Å². The minimum Gasteiger partial charge on any atom is -0.353 e. The van der Waals surface area contributed by atoms with Crippen LogP contribution in [0.2, 0.25) is 0 Å². The monoisotopic (exact) mass is 286 g/mol. The molecule has 1 heterocycles. The summed E-state index contributed by atoms with van der Waals surface area (Å²) in [6.45, 7) is 14.6. The highest BCUT2D eigenvalue weighted by Gasteiger charge is 2.20. The van der Waals surface area contributed by atoms with Crippen molar-refractivity contribution in [2.24, 2.45) is 5.92 Å². The van der Waals surface area contributed by atoms with E-state index in [1.165, 1.54) is 25.9 Å². The van der Waals surface area contributed by atoms with E-state index in [1.54, 1.807) is 0 Å². The van der Waals surface area contributed by atoms with Crippen LogP contribution in [0.25, 0.3) is 0 Å². The molecule has 1 aliphatic rings. The zero-order chi connectivity index (χ0) is 14.8. The van der Waals surface area contributed by atoms with Crippen LogP contribution in [-0.4, -0.2) is 56.6 Å². The molecule has 0 aliphatic carbocycles. The normalized spacial score (nSPS) is 21.0. The summed E-state index contributed by atoms with van der Waals surface area (Å²) in [4.78, 5) is 2.57. The Morgan fingerprint density at radius 3 is 2.50 bits per heavy atom. The average molecular weight is 286 g/mol. The average Bonchev–Trinajstić information content (AvgIpc) is 2.43. The lowest BCUT2D eigenvalue weighted by Crippen LogP contribution is -2.42. The Bertz CT molecular complexity index is 231. The van der Waals surface area contributed by atoms with Crippen molar-refractivity contribution in [1.82, 2.24) is 10.2 Å². The third kappa shape index (κ3) is 7.58. The number of ether oxygens (including phenoxy) is 2. The fourth-order valence-corrected chi connectivity index (χ4v) is 2.80. The molecule has 0 aromatic rings. The molecule has 1 unspecified atom stereocenters. The van der Waals surface area contributed by atoms with Gasteiger partial charge in [-0.25, -0.2) is 0 Å². The maximum absolute atomic E-state index is 5.62. The van der Waals surface area contributed by atoms with Crippen LogP contribution in [0.3, 0.4) is 0 Å². The lowest BCUT2D eigenvalue weighted by molar-refractivity contribution is -0.142. The molecule has 1 rings (SSSR count). The summed E-state index contributed by atoms with van der Waals surface area (Å²) in [5.74, 6) is 0.795. The summed E-state index contributed by atoms with van der Waals surface area (Å²) in [5.41, 5.74) is 0. The molecule has 0 spiro atoms. The Labute approximate surface area is 125 Å². The van der Waals surface area contributed by atoms with Crippen molar-refractivity contribution in [3.05, 3.63) is 0 Å². The second-order valence-electron chi connectivity index (χ2n) is 6.00. The minimum atomic E-state index is -0.0286. The number of piperidine rings is 1.